The molecule has 0 amide bonds. The third kappa shape index (κ3) is 1.91. The minimum Gasteiger partial charge on any atom is -0.290 e. The predicted molar refractivity (Wildman–Crippen MR) is 72.1 cm³/mol. The van der Waals surface area contributed by atoms with Gasteiger partial charge in [0.1, 0.15) is 0 Å². The average Bonchev–Trinajstić information content (AvgIpc) is 2.69. The molecule has 1 aromatic heterocycles. The third-order valence-corrected chi connectivity index (χ3v) is 3.17. The van der Waals surface area contributed by atoms with Gasteiger partial charge in [-0.05, 0) is 49.9 Å². The van der Waals surface area contributed by atoms with Gasteiger partial charge in [0.2, 0.25) is 6.41 Å². The number of carbonyl (C=O) groups excluding carboxylic acids is 1. The van der Waals surface area contributed by atoms with E-state index in [1.165, 1.54) is 16.7 Å². The molecule has 17 heavy (non-hydrogen) atoms. The van der Waals surface area contributed by atoms with Crippen LogP contribution in [-0.4, -0.2) is 11.0 Å². The molecule has 2 nitrogen and oxygen atoms in total. The molecule has 2 rings (SSSR count). The minimum atomic E-state index is 0.860. The molecule has 88 valence electrons. The highest BCUT2D eigenvalue weighted by Crippen LogP contribution is 2.27. The van der Waals surface area contributed by atoms with Gasteiger partial charge in [-0.15, -0.1) is 0 Å². The van der Waals surface area contributed by atoms with E-state index >= 15 is 0 Å². The standard InChI is InChI=1S/C15H17NO/c1-10(2)7-13-8-11(3)14-5-6-16(9-17)15(14)12(13)4/h5-6,8-9H,1,7H2,2-4H3. The molecule has 0 spiro atoms. The molecule has 0 radical (unpaired) electrons. The lowest BCUT2D eigenvalue weighted by Crippen LogP contribution is -1.99. The van der Waals surface area contributed by atoms with Gasteiger partial charge in [0.05, 0.1) is 5.52 Å². The highest BCUT2D eigenvalue weighted by molar-refractivity contribution is 5.91. The summed E-state index contributed by atoms with van der Waals surface area (Å²) < 4.78 is 1.65. The number of allylic oxidation sites excluding steroid dienone is 1. The molecule has 0 bridgehead atoms. The van der Waals surface area contributed by atoms with Crippen molar-refractivity contribution in [1.29, 1.82) is 0 Å². The first-order valence-electron chi connectivity index (χ1n) is 5.74. The molecule has 2 heteroatoms. The number of aromatic nitrogens is 1. The SMILES string of the molecule is C=C(C)Cc1cc(C)c2ccn(C=O)c2c1C. The normalized spacial score (nSPS) is 10.8. The molecule has 2 aromatic rings. The van der Waals surface area contributed by atoms with Gasteiger partial charge < -0.3 is 0 Å². The summed E-state index contributed by atoms with van der Waals surface area (Å²) in [6.45, 7) is 10.1. The number of hydrogen-bond acceptors (Lipinski definition) is 1. The van der Waals surface area contributed by atoms with Crippen molar-refractivity contribution >= 4 is 17.3 Å². The fraction of sp³-hybridized carbons (Fsp3) is 0.267. The van der Waals surface area contributed by atoms with Crippen LogP contribution >= 0.6 is 0 Å². The summed E-state index contributed by atoms with van der Waals surface area (Å²) >= 11 is 0. The molecule has 0 aliphatic carbocycles. The Kier molecular flexibility index (Phi) is 2.88. The van der Waals surface area contributed by atoms with Crippen LogP contribution in [0.3, 0.4) is 0 Å². The molecule has 0 N–H and O–H groups in total. The second-order valence-electron chi connectivity index (χ2n) is 4.70. The monoisotopic (exact) mass is 227 g/mol. The molecule has 0 fully saturated rings. The van der Waals surface area contributed by atoms with Crippen LogP contribution in [-0.2, 0) is 11.2 Å². The lowest BCUT2D eigenvalue weighted by Gasteiger charge is -2.11. The molecule has 1 aromatic carbocycles. The van der Waals surface area contributed by atoms with E-state index in [0.717, 1.165) is 29.3 Å². The van der Waals surface area contributed by atoms with Crippen molar-refractivity contribution in [2.45, 2.75) is 27.2 Å². The summed E-state index contributed by atoms with van der Waals surface area (Å²) in [4.78, 5) is 11.0. The zero-order valence-electron chi connectivity index (χ0n) is 10.6. The van der Waals surface area contributed by atoms with Gasteiger partial charge in [-0.2, -0.15) is 0 Å². The first-order valence-corrected chi connectivity index (χ1v) is 5.74. The van der Waals surface area contributed by atoms with E-state index in [4.69, 9.17) is 0 Å². The Labute approximate surface area is 102 Å². The van der Waals surface area contributed by atoms with Crippen molar-refractivity contribution in [3.63, 3.8) is 0 Å². The Bertz CT molecular complexity index is 605. The van der Waals surface area contributed by atoms with E-state index in [9.17, 15) is 4.79 Å². The van der Waals surface area contributed by atoms with E-state index < -0.39 is 0 Å². The Morgan fingerprint density at radius 3 is 2.76 bits per heavy atom. The van der Waals surface area contributed by atoms with Crippen LogP contribution < -0.4 is 0 Å². The predicted octanol–water partition coefficient (Wildman–Crippen LogP) is 3.42. The Hall–Kier alpha value is -1.83. The first-order chi connectivity index (χ1) is 8.04. The minimum absolute atomic E-state index is 0.860. The van der Waals surface area contributed by atoms with Gasteiger partial charge in [-0.25, -0.2) is 0 Å². The van der Waals surface area contributed by atoms with Crippen LogP contribution in [0.4, 0.5) is 0 Å². The number of hydrogen-bond donors (Lipinski definition) is 0. The summed E-state index contributed by atoms with van der Waals surface area (Å²) in [6.07, 6.45) is 3.55. The highest BCUT2D eigenvalue weighted by atomic mass is 16.1. The quantitative estimate of drug-likeness (QED) is 0.581. The number of benzene rings is 1. The molecule has 1 heterocycles. The van der Waals surface area contributed by atoms with Gasteiger partial charge in [-0.1, -0.05) is 18.2 Å². The van der Waals surface area contributed by atoms with E-state index in [1.54, 1.807) is 4.57 Å². The van der Waals surface area contributed by atoms with Gasteiger partial charge in [-0.3, -0.25) is 9.36 Å². The lowest BCUT2D eigenvalue weighted by molar-refractivity contribution is 0.549. The van der Waals surface area contributed by atoms with Crippen molar-refractivity contribution in [1.82, 2.24) is 4.57 Å². The Morgan fingerprint density at radius 1 is 1.47 bits per heavy atom. The van der Waals surface area contributed by atoms with Crippen LogP contribution in [0, 0.1) is 13.8 Å². The fourth-order valence-corrected chi connectivity index (χ4v) is 2.36. The lowest BCUT2D eigenvalue weighted by atomic mass is 9.97. The van der Waals surface area contributed by atoms with Gasteiger partial charge in [0, 0.05) is 11.6 Å². The van der Waals surface area contributed by atoms with Gasteiger partial charge >= 0.3 is 0 Å². The largest absolute Gasteiger partial charge is 0.290 e. The zero-order valence-corrected chi connectivity index (χ0v) is 10.6. The molecule has 0 aliphatic heterocycles. The molecular weight excluding hydrogens is 210 g/mol. The Morgan fingerprint density at radius 2 is 2.18 bits per heavy atom. The van der Waals surface area contributed by atoms with E-state index in [1.807, 2.05) is 19.2 Å². The molecule has 0 atom stereocenters. The maximum absolute atomic E-state index is 11.0. The number of rotatable bonds is 3. The van der Waals surface area contributed by atoms with E-state index in [2.05, 4.69) is 26.5 Å². The first kappa shape index (κ1) is 11.6. The van der Waals surface area contributed by atoms with Crippen LogP contribution in [0.15, 0.2) is 30.5 Å². The number of aryl methyl sites for hydroxylation is 2. The molecule has 0 aliphatic rings. The van der Waals surface area contributed by atoms with E-state index in [-0.39, 0.29) is 0 Å². The second-order valence-corrected chi connectivity index (χ2v) is 4.70. The van der Waals surface area contributed by atoms with E-state index in [0.29, 0.717) is 0 Å². The maximum atomic E-state index is 11.0. The fourth-order valence-electron chi connectivity index (χ4n) is 2.36. The van der Waals surface area contributed by atoms with Crippen molar-refractivity contribution in [3.05, 3.63) is 47.2 Å². The smallest absolute Gasteiger partial charge is 0.218 e. The van der Waals surface area contributed by atoms with Gasteiger partial charge in [0.15, 0.2) is 0 Å². The van der Waals surface area contributed by atoms with Crippen molar-refractivity contribution in [2.75, 3.05) is 0 Å². The Balaban J connectivity index is 2.76. The third-order valence-electron chi connectivity index (χ3n) is 3.17. The number of nitrogens with zero attached hydrogens (tertiary/aromatic N) is 1. The van der Waals surface area contributed by atoms with Crippen LogP contribution in [0.1, 0.15) is 23.6 Å². The highest BCUT2D eigenvalue weighted by Gasteiger charge is 2.10. The summed E-state index contributed by atoms with van der Waals surface area (Å²) in [5, 5.41) is 1.15. The summed E-state index contributed by atoms with van der Waals surface area (Å²) in [5.41, 5.74) is 5.80. The number of fused-ring (bicyclic) bond motifs is 1. The summed E-state index contributed by atoms with van der Waals surface area (Å²) in [7, 11) is 0. The molecule has 0 saturated heterocycles. The van der Waals surface area contributed by atoms with Crippen LogP contribution in [0.25, 0.3) is 10.9 Å². The van der Waals surface area contributed by atoms with Crippen LogP contribution in [0.2, 0.25) is 0 Å². The van der Waals surface area contributed by atoms with Crippen molar-refractivity contribution < 1.29 is 4.79 Å². The second kappa shape index (κ2) is 4.21. The molecule has 0 saturated carbocycles. The topological polar surface area (TPSA) is 22.0 Å². The van der Waals surface area contributed by atoms with Crippen LogP contribution in [0.5, 0.6) is 0 Å². The zero-order chi connectivity index (χ0) is 12.6. The molecule has 0 unspecified atom stereocenters. The summed E-state index contributed by atoms with van der Waals surface area (Å²) in [6, 6.07) is 4.19. The van der Waals surface area contributed by atoms with Gasteiger partial charge in [0.25, 0.3) is 0 Å². The van der Waals surface area contributed by atoms with Crippen molar-refractivity contribution in [2.24, 2.45) is 0 Å². The average molecular weight is 227 g/mol. The number of carbonyl (C=O) groups is 1. The maximum Gasteiger partial charge on any atom is 0.218 e. The molecular formula is C15H17NO. The van der Waals surface area contributed by atoms with Crippen molar-refractivity contribution in [3.8, 4) is 0 Å². The summed E-state index contributed by atoms with van der Waals surface area (Å²) in [5.74, 6) is 0.